The van der Waals surface area contributed by atoms with Gasteiger partial charge in [0.2, 0.25) is 0 Å². The zero-order valence-corrected chi connectivity index (χ0v) is 10.1. The predicted octanol–water partition coefficient (Wildman–Crippen LogP) is 3.03. The van der Waals surface area contributed by atoms with Gasteiger partial charge in [0.15, 0.2) is 5.78 Å². The standard InChI is InChI=1S/C10H10FIO2/c1-3-14-10-8(12)5-4-7(11)9(10)6(2)13/h4-5H,3H2,1-2H3. The Morgan fingerprint density at radius 2 is 2.21 bits per heavy atom. The quantitative estimate of drug-likeness (QED) is 0.634. The van der Waals surface area contributed by atoms with Gasteiger partial charge in [-0.1, -0.05) is 0 Å². The summed E-state index contributed by atoms with van der Waals surface area (Å²) in [7, 11) is 0. The van der Waals surface area contributed by atoms with Gasteiger partial charge in [0.05, 0.1) is 15.7 Å². The molecule has 0 atom stereocenters. The van der Waals surface area contributed by atoms with Gasteiger partial charge < -0.3 is 4.74 Å². The van der Waals surface area contributed by atoms with Crippen molar-refractivity contribution in [1.82, 2.24) is 0 Å². The first kappa shape index (κ1) is 11.4. The molecular formula is C10H10FIO2. The van der Waals surface area contributed by atoms with Gasteiger partial charge in [-0.25, -0.2) is 4.39 Å². The lowest BCUT2D eigenvalue weighted by molar-refractivity contribution is 0.101. The lowest BCUT2D eigenvalue weighted by Crippen LogP contribution is -2.05. The van der Waals surface area contributed by atoms with E-state index < -0.39 is 5.82 Å². The van der Waals surface area contributed by atoms with Crippen LogP contribution >= 0.6 is 22.6 Å². The van der Waals surface area contributed by atoms with Crippen LogP contribution in [-0.4, -0.2) is 12.4 Å². The Labute approximate surface area is 95.6 Å². The Balaban J connectivity index is 3.33. The highest BCUT2D eigenvalue weighted by Crippen LogP contribution is 2.28. The first-order valence-electron chi connectivity index (χ1n) is 4.19. The number of Topliss-reactive ketones (excluding diaryl/α,β-unsaturated/α-hetero) is 1. The predicted molar refractivity (Wildman–Crippen MR) is 60.3 cm³/mol. The normalized spacial score (nSPS) is 10.0. The summed E-state index contributed by atoms with van der Waals surface area (Å²) in [6.07, 6.45) is 0. The van der Waals surface area contributed by atoms with Gasteiger partial charge in [0.1, 0.15) is 11.6 Å². The molecule has 0 amide bonds. The number of benzene rings is 1. The van der Waals surface area contributed by atoms with Gasteiger partial charge in [-0.15, -0.1) is 0 Å². The van der Waals surface area contributed by atoms with Crippen LogP contribution in [0.2, 0.25) is 0 Å². The van der Waals surface area contributed by atoms with Crippen molar-refractivity contribution in [1.29, 1.82) is 0 Å². The van der Waals surface area contributed by atoms with Crippen LogP contribution in [0.15, 0.2) is 12.1 Å². The Morgan fingerprint density at radius 1 is 1.57 bits per heavy atom. The minimum Gasteiger partial charge on any atom is -0.492 e. The molecule has 1 aromatic rings. The summed E-state index contributed by atoms with van der Waals surface area (Å²) >= 11 is 2.02. The van der Waals surface area contributed by atoms with E-state index in [1.54, 1.807) is 13.0 Å². The summed E-state index contributed by atoms with van der Waals surface area (Å²) < 4.78 is 19.3. The molecule has 0 radical (unpaired) electrons. The van der Waals surface area contributed by atoms with Crippen molar-refractivity contribution < 1.29 is 13.9 Å². The largest absolute Gasteiger partial charge is 0.492 e. The van der Waals surface area contributed by atoms with E-state index in [-0.39, 0.29) is 11.3 Å². The van der Waals surface area contributed by atoms with E-state index in [0.29, 0.717) is 12.4 Å². The fraction of sp³-hybridized carbons (Fsp3) is 0.300. The van der Waals surface area contributed by atoms with E-state index >= 15 is 0 Å². The van der Waals surface area contributed by atoms with Crippen molar-refractivity contribution in [3.8, 4) is 5.75 Å². The average molecular weight is 308 g/mol. The SMILES string of the molecule is CCOc1c(I)ccc(F)c1C(C)=O. The van der Waals surface area contributed by atoms with Gasteiger partial charge in [-0.05, 0) is 48.6 Å². The molecule has 0 aliphatic heterocycles. The Morgan fingerprint density at radius 3 is 2.71 bits per heavy atom. The molecule has 1 aromatic carbocycles. The second-order valence-corrected chi connectivity index (χ2v) is 3.88. The summed E-state index contributed by atoms with van der Waals surface area (Å²) in [6, 6.07) is 2.87. The molecule has 0 aliphatic rings. The van der Waals surface area contributed by atoms with Crippen LogP contribution in [0.5, 0.6) is 5.75 Å². The Hall–Kier alpha value is -0.650. The highest BCUT2D eigenvalue weighted by atomic mass is 127. The first-order chi connectivity index (χ1) is 6.57. The molecule has 1 rings (SSSR count). The van der Waals surface area contributed by atoms with E-state index in [1.807, 2.05) is 22.6 Å². The van der Waals surface area contributed by atoms with Crippen LogP contribution in [0.25, 0.3) is 0 Å². The molecule has 0 bridgehead atoms. The highest BCUT2D eigenvalue weighted by Gasteiger charge is 2.16. The van der Waals surface area contributed by atoms with E-state index in [1.165, 1.54) is 13.0 Å². The van der Waals surface area contributed by atoms with Crippen LogP contribution in [0.1, 0.15) is 24.2 Å². The highest BCUT2D eigenvalue weighted by molar-refractivity contribution is 14.1. The third kappa shape index (κ3) is 2.23. The van der Waals surface area contributed by atoms with E-state index in [2.05, 4.69) is 0 Å². The third-order valence-electron chi connectivity index (χ3n) is 1.70. The molecule has 0 aromatic heterocycles. The topological polar surface area (TPSA) is 26.3 Å². The van der Waals surface area contributed by atoms with Crippen LogP contribution < -0.4 is 4.74 Å². The molecular weight excluding hydrogens is 298 g/mol. The van der Waals surface area contributed by atoms with Gasteiger partial charge >= 0.3 is 0 Å². The van der Waals surface area contributed by atoms with E-state index in [9.17, 15) is 9.18 Å². The van der Waals surface area contributed by atoms with E-state index in [4.69, 9.17) is 4.74 Å². The van der Waals surface area contributed by atoms with Gasteiger partial charge in [0, 0.05) is 0 Å². The molecule has 2 nitrogen and oxygen atoms in total. The molecule has 0 saturated heterocycles. The molecule has 0 fully saturated rings. The molecule has 0 heterocycles. The second-order valence-electron chi connectivity index (χ2n) is 2.72. The van der Waals surface area contributed by atoms with Crippen LogP contribution in [-0.2, 0) is 0 Å². The van der Waals surface area contributed by atoms with Crippen molar-refractivity contribution in [2.24, 2.45) is 0 Å². The zero-order chi connectivity index (χ0) is 10.7. The molecule has 14 heavy (non-hydrogen) atoms. The Bertz CT molecular complexity index is 363. The summed E-state index contributed by atoms with van der Waals surface area (Å²) in [5.74, 6) is -0.494. The minimum absolute atomic E-state index is 0.0405. The fourth-order valence-electron chi connectivity index (χ4n) is 1.15. The number of rotatable bonds is 3. The summed E-state index contributed by atoms with van der Waals surface area (Å²) in [4.78, 5) is 11.2. The van der Waals surface area contributed by atoms with Crippen molar-refractivity contribution in [2.45, 2.75) is 13.8 Å². The number of ether oxygens (including phenoxy) is 1. The third-order valence-corrected chi connectivity index (χ3v) is 2.55. The van der Waals surface area contributed by atoms with Crippen molar-refractivity contribution in [2.75, 3.05) is 6.61 Å². The molecule has 76 valence electrons. The van der Waals surface area contributed by atoms with Crippen LogP contribution in [0, 0.1) is 9.39 Å². The van der Waals surface area contributed by atoms with Gasteiger partial charge in [-0.3, -0.25) is 4.79 Å². The van der Waals surface area contributed by atoms with Crippen LogP contribution in [0.4, 0.5) is 4.39 Å². The molecule has 0 saturated carbocycles. The average Bonchev–Trinajstić information content (AvgIpc) is 2.11. The van der Waals surface area contributed by atoms with Gasteiger partial charge in [0.25, 0.3) is 0 Å². The number of hydrogen-bond donors (Lipinski definition) is 0. The summed E-state index contributed by atoms with van der Waals surface area (Å²) in [5.41, 5.74) is 0.0405. The maximum absolute atomic E-state index is 13.3. The van der Waals surface area contributed by atoms with Crippen LogP contribution in [0.3, 0.4) is 0 Å². The smallest absolute Gasteiger partial charge is 0.166 e. The lowest BCUT2D eigenvalue weighted by atomic mass is 10.1. The zero-order valence-electron chi connectivity index (χ0n) is 7.93. The lowest BCUT2D eigenvalue weighted by Gasteiger charge is -2.10. The number of ketones is 1. The summed E-state index contributed by atoms with van der Waals surface area (Å²) in [5, 5.41) is 0. The molecule has 0 spiro atoms. The fourth-order valence-corrected chi connectivity index (χ4v) is 1.75. The molecule has 0 aliphatic carbocycles. The monoisotopic (exact) mass is 308 g/mol. The number of hydrogen-bond acceptors (Lipinski definition) is 2. The van der Waals surface area contributed by atoms with Crippen molar-refractivity contribution in [3.05, 3.63) is 27.1 Å². The molecule has 0 N–H and O–H groups in total. The maximum atomic E-state index is 13.3. The van der Waals surface area contributed by atoms with Crippen molar-refractivity contribution in [3.63, 3.8) is 0 Å². The Kier molecular flexibility index (Phi) is 3.86. The van der Waals surface area contributed by atoms with Crippen molar-refractivity contribution >= 4 is 28.4 Å². The van der Waals surface area contributed by atoms with Gasteiger partial charge in [-0.2, -0.15) is 0 Å². The molecule has 0 unspecified atom stereocenters. The molecule has 4 heteroatoms. The first-order valence-corrected chi connectivity index (χ1v) is 5.27. The number of carbonyl (C=O) groups excluding carboxylic acids is 1. The van der Waals surface area contributed by atoms with E-state index in [0.717, 1.165) is 3.57 Å². The summed E-state index contributed by atoms with van der Waals surface area (Å²) in [6.45, 7) is 3.54. The second kappa shape index (κ2) is 4.72. The maximum Gasteiger partial charge on any atom is 0.166 e. The number of halogens is 2. The minimum atomic E-state index is -0.527. The number of carbonyl (C=O) groups is 1.